The number of hydrogen-bond acceptors (Lipinski definition) is 4. The van der Waals surface area contributed by atoms with Crippen molar-refractivity contribution in [3.05, 3.63) is 0 Å². The van der Waals surface area contributed by atoms with Crippen LogP contribution in [0, 0.1) is 5.92 Å². The lowest BCUT2D eigenvalue weighted by atomic mass is 9.89. The number of piperidine rings is 1. The highest BCUT2D eigenvalue weighted by molar-refractivity contribution is 4.87. The molecule has 4 heteroatoms. The summed E-state index contributed by atoms with van der Waals surface area (Å²) >= 11 is 0. The highest BCUT2D eigenvalue weighted by Crippen LogP contribution is 2.27. The molecule has 104 valence electrons. The van der Waals surface area contributed by atoms with Gasteiger partial charge in [-0.25, -0.2) is 0 Å². The topological polar surface area (TPSA) is 42.5 Å². The molecule has 0 aromatic rings. The molecule has 0 aromatic heterocycles. The first-order valence-corrected chi connectivity index (χ1v) is 7.59. The molecular weight excluding hydrogens is 228 g/mol. The molecule has 3 unspecified atom stereocenters. The van der Waals surface area contributed by atoms with Crippen molar-refractivity contribution in [3.63, 3.8) is 0 Å². The Morgan fingerprint density at radius 2 is 1.72 bits per heavy atom. The summed E-state index contributed by atoms with van der Waals surface area (Å²) < 4.78 is 11.6. The van der Waals surface area contributed by atoms with E-state index in [0.29, 0.717) is 18.2 Å². The first-order valence-electron chi connectivity index (χ1n) is 7.59. The summed E-state index contributed by atoms with van der Waals surface area (Å²) in [5, 5.41) is 7.19. The fraction of sp³-hybridized carbons (Fsp3) is 1.00. The number of ether oxygens (including phenoxy) is 2. The molecule has 0 bridgehead atoms. The Labute approximate surface area is 110 Å². The average Bonchev–Trinajstić information content (AvgIpc) is 2.46. The molecule has 3 atom stereocenters. The first kappa shape index (κ1) is 12.9. The van der Waals surface area contributed by atoms with E-state index in [2.05, 4.69) is 10.6 Å². The minimum Gasteiger partial charge on any atom is -0.373 e. The third-order valence-corrected chi connectivity index (χ3v) is 4.63. The van der Waals surface area contributed by atoms with Gasteiger partial charge in [-0.3, -0.25) is 0 Å². The van der Waals surface area contributed by atoms with Crippen molar-refractivity contribution in [2.45, 2.75) is 50.4 Å². The fourth-order valence-electron chi connectivity index (χ4n) is 3.47. The van der Waals surface area contributed by atoms with Gasteiger partial charge in [0.25, 0.3) is 0 Å². The zero-order valence-electron chi connectivity index (χ0n) is 11.2. The predicted octanol–water partition coefficient (Wildman–Crippen LogP) is 0.912. The molecule has 18 heavy (non-hydrogen) atoms. The fourth-order valence-corrected chi connectivity index (χ4v) is 3.47. The van der Waals surface area contributed by atoms with Crippen molar-refractivity contribution in [2.75, 3.05) is 32.8 Å². The van der Waals surface area contributed by atoms with Crippen LogP contribution in [0.1, 0.15) is 32.1 Å². The molecule has 3 fully saturated rings. The smallest absolute Gasteiger partial charge is 0.0852 e. The van der Waals surface area contributed by atoms with Crippen LogP contribution in [0.2, 0.25) is 0 Å². The van der Waals surface area contributed by atoms with Crippen LogP contribution < -0.4 is 10.6 Å². The van der Waals surface area contributed by atoms with Crippen molar-refractivity contribution in [2.24, 2.45) is 5.92 Å². The van der Waals surface area contributed by atoms with E-state index in [1.54, 1.807) is 0 Å². The third kappa shape index (κ3) is 3.23. The summed E-state index contributed by atoms with van der Waals surface area (Å²) in [6, 6.07) is 0.642. The van der Waals surface area contributed by atoms with Gasteiger partial charge in [-0.05, 0) is 57.7 Å². The molecule has 2 heterocycles. The van der Waals surface area contributed by atoms with Crippen molar-refractivity contribution in [3.8, 4) is 0 Å². The first-order chi connectivity index (χ1) is 8.92. The predicted molar refractivity (Wildman–Crippen MR) is 70.7 cm³/mol. The van der Waals surface area contributed by atoms with Crippen molar-refractivity contribution < 1.29 is 9.47 Å². The van der Waals surface area contributed by atoms with Gasteiger partial charge in [0.05, 0.1) is 25.4 Å². The Morgan fingerprint density at radius 3 is 2.56 bits per heavy atom. The molecule has 3 rings (SSSR count). The summed E-state index contributed by atoms with van der Waals surface area (Å²) in [6.45, 7) is 5.14. The van der Waals surface area contributed by atoms with E-state index in [9.17, 15) is 0 Å². The van der Waals surface area contributed by atoms with E-state index in [1.807, 2.05) is 0 Å². The van der Waals surface area contributed by atoms with Gasteiger partial charge >= 0.3 is 0 Å². The molecule has 1 saturated carbocycles. The molecular formula is C14H26N2O2. The van der Waals surface area contributed by atoms with Gasteiger partial charge in [-0.1, -0.05) is 0 Å². The standard InChI is InChI=1S/C14H26N2O2/c1-2-13-14(18-8-7-17-13)9-12(1)16-10-11-3-5-15-6-4-11/h11-16H,1-10H2. The minimum absolute atomic E-state index is 0.345. The number of rotatable bonds is 3. The summed E-state index contributed by atoms with van der Waals surface area (Å²) in [7, 11) is 0. The molecule has 2 saturated heterocycles. The van der Waals surface area contributed by atoms with Crippen LogP contribution in [0.15, 0.2) is 0 Å². The molecule has 0 aromatic carbocycles. The van der Waals surface area contributed by atoms with Gasteiger partial charge in [0, 0.05) is 6.04 Å². The van der Waals surface area contributed by atoms with Gasteiger partial charge < -0.3 is 20.1 Å². The molecule has 2 N–H and O–H groups in total. The lowest BCUT2D eigenvalue weighted by molar-refractivity contribution is -0.157. The Bertz CT molecular complexity index is 256. The van der Waals surface area contributed by atoms with Crippen LogP contribution >= 0.6 is 0 Å². The Balaban J connectivity index is 1.40. The van der Waals surface area contributed by atoms with Crippen LogP contribution in [-0.4, -0.2) is 51.1 Å². The van der Waals surface area contributed by atoms with E-state index in [1.165, 1.54) is 38.9 Å². The van der Waals surface area contributed by atoms with E-state index < -0.39 is 0 Å². The molecule has 3 aliphatic rings. The SMILES string of the molecule is C1CC(CNC2CCC3OCCOC3C2)CCN1. The number of fused-ring (bicyclic) bond motifs is 1. The summed E-state index contributed by atoms with van der Waals surface area (Å²) in [6.07, 6.45) is 6.91. The summed E-state index contributed by atoms with van der Waals surface area (Å²) in [4.78, 5) is 0. The molecule has 1 aliphatic carbocycles. The highest BCUT2D eigenvalue weighted by Gasteiger charge is 2.34. The van der Waals surface area contributed by atoms with Crippen molar-refractivity contribution in [1.82, 2.24) is 10.6 Å². The molecule has 0 spiro atoms. The molecule has 0 radical (unpaired) electrons. The van der Waals surface area contributed by atoms with Crippen LogP contribution in [-0.2, 0) is 9.47 Å². The van der Waals surface area contributed by atoms with E-state index in [-0.39, 0.29) is 0 Å². The Morgan fingerprint density at radius 1 is 0.944 bits per heavy atom. The van der Waals surface area contributed by atoms with E-state index in [0.717, 1.165) is 32.0 Å². The van der Waals surface area contributed by atoms with Crippen molar-refractivity contribution >= 4 is 0 Å². The van der Waals surface area contributed by atoms with Crippen LogP contribution in [0.4, 0.5) is 0 Å². The van der Waals surface area contributed by atoms with E-state index in [4.69, 9.17) is 9.47 Å². The van der Waals surface area contributed by atoms with E-state index >= 15 is 0 Å². The van der Waals surface area contributed by atoms with Gasteiger partial charge in [0.1, 0.15) is 0 Å². The Kier molecular flexibility index (Phi) is 4.52. The number of nitrogens with one attached hydrogen (secondary N) is 2. The third-order valence-electron chi connectivity index (χ3n) is 4.63. The van der Waals surface area contributed by atoms with Crippen LogP contribution in [0.5, 0.6) is 0 Å². The lowest BCUT2D eigenvalue weighted by Crippen LogP contribution is -2.49. The maximum atomic E-state index is 5.83. The average molecular weight is 254 g/mol. The van der Waals surface area contributed by atoms with Crippen LogP contribution in [0.25, 0.3) is 0 Å². The quantitative estimate of drug-likeness (QED) is 0.786. The maximum absolute atomic E-state index is 5.83. The second kappa shape index (κ2) is 6.33. The highest BCUT2D eigenvalue weighted by atomic mass is 16.6. The van der Waals surface area contributed by atoms with Gasteiger partial charge in [0.2, 0.25) is 0 Å². The largest absolute Gasteiger partial charge is 0.373 e. The normalized spacial score (nSPS) is 38.3. The second-order valence-electron chi connectivity index (χ2n) is 5.93. The summed E-state index contributed by atoms with van der Waals surface area (Å²) in [5.74, 6) is 0.868. The number of hydrogen-bond donors (Lipinski definition) is 2. The zero-order chi connectivity index (χ0) is 12.2. The molecule has 2 aliphatic heterocycles. The van der Waals surface area contributed by atoms with Crippen molar-refractivity contribution in [1.29, 1.82) is 0 Å². The zero-order valence-corrected chi connectivity index (χ0v) is 11.2. The lowest BCUT2D eigenvalue weighted by Gasteiger charge is -2.39. The molecule has 4 nitrogen and oxygen atoms in total. The van der Waals surface area contributed by atoms with Gasteiger partial charge in [-0.15, -0.1) is 0 Å². The second-order valence-corrected chi connectivity index (χ2v) is 5.93. The molecule has 0 amide bonds. The monoisotopic (exact) mass is 254 g/mol. The Hall–Kier alpha value is -0.160. The van der Waals surface area contributed by atoms with Gasteiger partial charge in [-0.2, -0.15) is 0 Å². The van der Waals surface area contributed by atoms with Gasteiger partial charge in [0.15, 0.2) is 0 Å². The minimum atomic E-state index is 0.345. The maximum Gasteiger partial charge on any atom is 0.0852 e. The summed E-state index contributed by atoms with van der Waals surface area (Å²) in [5.41, 5.74) is 0. The van der Waals surface area contributed by atoms with Crippen LogP contribution in [0.3, 0.4) is 0 Å².